The van der Waals surface area contributed by atoms with Gasteiger partial charge in [0.1, 0.15) is 17.2 Å². The van der Waals surface area contributed by atoms with Gasteiger partial charge >= 0.3 is 11.9 Å². The minimum atomic E-state index is -0.371. The average molecular weight is 818 g/mol. The minimum Gasteiger partial charge on any atom is -0.461 e. The van der Waals surface area contributed by atoms with Crippen molar-refractivity contribution in [1.29, 1.82) is 0 Å². The Balaban J connectivity index is 0.000000221. The summed E-state index contributed by atoms with van der Waals surface area (Å²) >= 11 is 0. The molecule has 0 spiro atoms. The number of fused-ring (bicyclic) bond motifs is 2. The largest absolute Gasteiger partial charge is 0.461 e. The van der Waals surface area contributed by atoms with Crippen molar-refractivity contribution in [2.75, 3.05) is 33.0 Å². The molecule has 3 aliphatic carbocycles. The highest BCUT2D eigenvalue weighted by molar-refractivity contribution is 5.96. The number of carbonyl (C=O) groups is 4. The molecular weight excluding hydrogens is 743 g/mol. The third-order valence-corrected chi connectivity index (χ3v) is 11.8. The zero-order valence-electron chi connectivity index (χ0n) is 38.5. The fraction of sp³-hybridized carbons (Fsp3) is 0.646. The van der Waals surface area contributed by atoms with E-state index in [0.29, 0.717) is 69.9 Å². The number of aromatic nitrogens is 3. The second-order valence-electron chi connectivity index (χ2n) is 19.8. The van der Waals surface area contributed by atoms with Crippen LogP contribution in [-0.2, 0) is 31.9 Å². The summed E-state index contributed by atoms with van der Waals surface area (Å²) in [5, 5.41) is 0. The quantitative estimate of drug-likeness (QED) is 0.168. The lowest BCUT2D eigenvalue weighted by Gasteiger charge is -2.34. The Morgan fingerprint density at radius 2 is 1.29 bits per heavy atom. The molecule has 0 amide bonds. The molecule has 0 bridgehead atoms. The number of aromatic amines is 2. The molecule has 0 saturated heterocycles. The number of nitrogens with zero attached hydrogens (tertiary/aromatic N) is 2. The topological polar surface area (TPSA) is 160 Å². The van der Waals surface area contributed by atoms with Gasteiger partial charge in [-0.25, -0.2) is 9.59 Å². The minimum absolute atomic E-state index is 0.312. The molecule has 3 heterocycles. The van der Waals surface area contributed by atoms with Gasteiger partial charge in [0, 0.05) is 57.0 Å². The van der Waals surface area contributed by atoms with Gasteiger partial charge < -0.3 is 30.1 Å². The molecule has 11 nitrogen and oxygen atoms in total. The number of hydrogen-bond donors (Lipinski definition) is 3. The number of esters is 2. The molecule has 3 aliphatic rings. The van der Waals surface area contributed by atoms with E-state index in [1.54, 1.807) is 19.2 Å². The number of allylic oxidation sites excluding steroid dienone is 1. The summed E-state index contributed by atoms with van der Waals surface area (Å²) in [7, 11) is 3.95. The number of hydrogen-bond acceptors (Lipinski definition) is 9. The number of H-pyrrole nitrogens is 2. The highest BCUT2D eigenvalue weighted by Gasteiger charge is 2.32. The number of ketones is 2. The van der Waals surface area contributed by atoms with E-state index < -0.39 is 0 Å². The van der Waals surface area contributed by atoms with E-state index >= 15 is 0 Å². The predicted molar refractivity (Wildman–Crippen MR) is 238 cm³/mol. The van der Waals surface area contributed by atoms with Crippen LogP contribution in [0.25, 0.3) is 11.0 Å². The van der Waals surface area contributed by atoms with Gasteiger partial charge in [0.15, 0.2) is 5.78 Å². The standard InChI is InChI=1S/C18H24N2O2.C13H23NO.C10H18O.C7H10N2O2/c1-5-22-17(21)16-10-15-14(20-16)9-11-8-12(18(2,3)4)6-7-13(11)19-15;1-13(2,3)11-6-7-12(15)10(8-11)9-14(4)5;1-10(2,3)8-4-6-9(11)7-5-8;1-2-11-7(10)6-3-5(8)4-9-6/h9-10,12,20H,5-8H2,1-4H3;9,11H,6-8H2,1-5H3;8H,4-7H2,1-3H3;3-4,9H,2,8H2,1H3/b;10-9+;;. The Bertz CT molecular complexity index is 1890. The molecule has 3 aromatic rings. The van der Waals surface area contributed by atoms with Gasteiger partial charge in [0.25, 0.3) is 0 Å². The van der Waals surface area contributed by atoms with Gasteiger partial charge in [-0.1, -0.05) is 62.3 Å². The molecule has 2 fully saturated rings. The number of rotatable bonds is 5. The first kappa shape index (κ1) is 49.0. The normalized spacial score (nSPS) is 19.3. The Morgan fingerprint density at radius 1 is 0.763 bits per heavy atom. The van der Waals surface area contributed by atoms with Crippen LogP contribution in [0, 0.1) is 34.0 Å². The lowest BCUT2D eigenvalue weighted by Crippen LogP contribution is -2.28. The lowest BCUT2D eigenvalue weighted by molar-refractivity contribution is -0.121. The van der Waals surface area contributed by atoms with Crippen molar-refractivity contribution in [3.8, 4) is 0 Å². The van der Waals surface area contributed by atoms with Gasteiger partial charge in [-0.15, -0.1) is 0 Å². The summed E-state index contributed by atoms with van der Waals surface area (Å²) in [6, 6.07) is 5.50. The molecular formula is C48H75N5O6. The van der Waals surface area contributed by atoms with Crippen LogP contribution < -0.4 is 5.73 Å². The van der Waals surface area contributed by atoms with E-state index in [9.17, 15) is 19.2 Å². The summed E-state index contributed by atoms with van der Waals surface area (Å²) in [5.74, 6) is 2.20. The van der Waals surface area contributed by atoms with E-state index in [-0.39, 0.29) is 11.9 Å². The maximum atomic E-state index is 11.8. The van der Waals surface area contributed by atoms with Crippen LogP contribution in [-0.4, -0.2) is 70.7 Å². The summed E-state index contributed by atoms with van der Waals surface area (Å²) in [6.07, 6.45) is 13.4. The Morgan fingerprint density at radius 3 is 1.80 bits per heavy atom. The van der Waals surface area contributed by atoms with Crippen molar-refractivity contribution in [3.63, 3.8) is 0 Å². The molecule has 328 valence electrons. The number of aryl methyl sites for hydroxylation is 1. The van der Waals surface area contributed by atoms with Crippen LogP contribution in [0.1, 0.15) is 160 Å². The van der Waals surface area contributed by atoms with Crippen LogP contribution in [0.4, 0.5) is 5.69 Å². The predicted octanol–water partition coefficient (Wildman–Crippen LogP) is 10.3. The van der Waals surface area contributed by atoms with Crippen molar-refractivity contribution in [3.05, 3.63) is 58.8 Å². The van der Waals surface area contributed by atoms with Crippen LogP contribution >= 0.6 is 0 Å². The molecule has 2 atom stereocenters. The maximum Gasteiger partial charge on any atom is 0.354 e. The number of nitrogen functional groups attached to an aromatic ring is 1. The van der Waals surface area contributed by atoms with E-state index in [0.717, 1.165) is 80.3 Å². The molecule has 2 saturated carbocycles. The Kier molecular flexibility index (Phi) is 17.6. The van der Waals surface area contributed by atoms with Crippen LogP contribution in [0.3, 0.4) is 0 Å². The lowest BCUT2D eigenvalue weighted by atomic mass is 9.71. The fourth-order valence-electron chi connectivity index (χ4n) is 7.93. The summed E-state index contributed by atoms with van der Waals surface area (Å²) < 4.78 is 9.76. The second kappa shape index (κ2) is 21.2. The van der Waals surface area contributed by atoms with Crippen LogP contribution in [0.15, 0.2) is 36.2 Å². The molecule has 0 radical (unpaired) electrons. The highest BCUT2D eigenvalue weighted by atomic mass is 16.5. The van der Waals surface area contributed by atoms with Crippen molar-refractivity contribution < 1.29 is 28.7 Å². The number of pyridine rings is 1. The number of carbonyl (C=O) groups excluding carboxylic acids is 4. The number of ether oxygens (including phenoxy) is 2. The molecule has 3 aromatic heterocycles. The highest BCUT2D eigenvalue weighted by Crippen LogP contribution is 2.40. The van der Waals surface area contributed by atoms with Gasteiger partial charge in [-0.05, 0) is 117 Å². The number of nitrogens with one attached hydrogen (secondary N) is 2. The van der Waals surface area contributed by atoms with Gasteiger partial charge in [-0.2, -0.15) is 0 Å². The third-order valence-electron chi connectivity index (χ3n) is 11.8. The molecule has 11 heteroatoms. The third kappa shape index (κ3) is 15.3. The number of nitrogens with two attached hydrogens (primary N) is 1. The second-order valence-corrected chi connectivity index (χ2v) is 19.8. The molecule has 6 rings (SSSR count). The van der Waals surface area contributed by atoms with Crippen LogP contribution in [0.5, 0.6) is 0 Å². The summed E-state index contributed by atoms with van der Waals surface area (Å²) in [4.78, 5) is 58.0. The molecule has 0 aromatic carbocycles. The first-order chi connectivity index (χ1) is 27.4. The molecule has 0 aliphatic heterocycles. The molecule has 2 unspecified atom stereocenters. The Hall–Kier alpha value is -4.41. The van der Waals surface area contributed by atoms with Crippen molar-refractivity contribution in [1.82, 2.24) is 19.9 Å². The van der Waals surface area contributed by atoms with E-state index in [4.69, 9.17) is 20.2 Å². The van der Waals surface area contributed by atoms with E-state index in [1.165, 1.54) is 23.7 Å². The summed E-state index contributed by atoms with van der Waals surface area (Å²) in [5.41, 5.74) is 13.1. The monoisotopic (exact) mass is 818 g/mol. The smallest absolute Gasteiger partial charge is 0.354 e. The van der Waals surface area contributed by atoms with E-state index in [1.807, 2.05) is 32.1 Å². The average Bonchev–Trinajstić information content (AvgIpc) is 3.77. The number of Topliss-reactive ketones (excluding diaryl/α,β-unsaturated/α-hetero) is 2. The fourth-order valence-corrected chi connectivity index (χ4v) is 7.93. The molecule has 59 heavy (non-hydrogen) atoms. The summed E-state index contributed by atoms with van der Waals surface area (Å²) in [6.45, 7) is 24.8. The zero-order chi connectivity index (χ0) is 44.3. The van der Waals surface area contributed by atoms with E-state index in [2.05, 4.69) is 78.3 Å². The van der Waals surface area contributed by atoms with Gasteiger partial charge in [0.05, 0.1) is 29.9 Å². The van der Waals surface area contributed by atoms with Gasteiger partial charge in [-0.3, -0.25) is 14.6 Å². The maximum absolute atomic E-state index is 11.8. The van der Waals surface area contributed by atoms with Crippen molar-refractivity contribution >= 4 is 40.2 Å². The SMILES string of the molecule is CC(C)(C)C1CCC(=O)CC1.CCOC(=O)c1cc(N)c[nH]1.CCOC(=O)c1cc2nc3c(cc2[nH]1)CC(C(C)(C)C)CC3.CN(C)/C=C1\CC(C(C)(C)C)CCC1=O. The zero-order valence-corrected chi connectivity index (χ0v) is 38.5. The van der Waals surface area contributed by atoms with Crippen molar-refractivity contribution in [2.45, 2.75) is 140 Å². The van der Waals surface area contributed by atoms with Gasteiger partial charge in [0.2, 0.25) is 0 Å². The van der Waals surface area contributed by atoms with Crippen molar-refractivity contribution in [2.24, 2.45) is 34.0 Å². The first-order valence-corrected chi connectivity index (χ1v) is 21.6. The first-order valence-electron chi connectivity index (χ1n) is 21.6. The number of anilines is 1. The molecule has 4 N–H and O–H groups in total. The van der Waals surface area contributed by atoms with Crippen LogP contribution in [0.2, 0.25) is 0 Å². The Labute approximate surface area is 354 Å².